The van der Waals surface area contributed by atoms with E-state index in [0.717, 1.165) is 37.7 Å². The maximum atomic E-state index is 12.9. The molecule has 0 heterocycles. The molecule has 2 saturated carbocycles. The Morgan fingerprint density at radius 1 is 1.08 bits per heavy atom. The van der Waals surface area contributed by atoms with Gasteiger partial charge >= 0.3 is 11.9 Å². The highest BCUT2D eigenvalue weighted by Gasteiger charge is 2.69. The zero-order chi connectivity index (χ0) is 28.4. The highest BCUT2D eigenvalue weighted by molar-refractivity contribution is 5.86. The Balaban J connectivity index is 1.77. The average Bonchev–Trinajstić information content (AvgIpc) is 3.05. The van der Waals surface area contributed by atoms with Crippen LogP contribution in [0.1, 0.15) is 107 Å². The van der Waals surface area contributed by atoms with Crippen LogP contribution in [0.25, 0.3) is 0 Å². The van der Waals surface area contributed by atoms with E-state index in [1.54, 1.807) is 13.0 Å². The largest absolute Gasteiger partial charge is 0.478 e. The second kappa shape index (κ2) is 9.60. The fourth-order valence-electron chi connectivity index (χ4n) is 9.57. The topological polar surface area (TPSA) is 101 Å². The van der Waals surface area contributed by atoms with Gasteiger partial charge in [-0.15, -0.1) is 0 Å². The van der Waals surface area contributed by atoms with Crippen LogP contribution >= 0.6 is 0 Å². The Hall–Kier alpha value is -1.95. The van der Waals surface area contributed by atoms with Gasteiger partial charge in [-0.1, -0.05) is 53.2 Å². The molecule has 6 heteroatoms. The number of allylic oxidation sites excluding steroid dienone is 2. The van der Waals surface area contributed by atoms with Gasteiger partial charge in [-0.05, 0) is 86.0 Å². The second-order valence-electron chi connectivity index (χ2n) is 14.1. The summed E-state index contributed by atoms with van der Waals surface area (Å²) < 4.78 is 6.10. The van der Waals surface area contributed by atoms with Gasteiger partial charge in [-0.2, -0.15) is 0 Å². The van der Waals surface area contributed by atoms with Crippen LogP contribution in [0, 0.1) is 39.4 Å². The summed E-state index contributed by atoms with van der Waals surface area (Å²) in [5.41, 5.74) is 1.45. The molecular formula is C32H48O6. The van der Waals surface area contributed by atoms with Crippen molar-refractivity contribution in [1.29, 1.82) is 0 Å². The number of carboxylic acid groups (broad SMARTS) is 1. The molecule has 0 saturated heterocycles. The van der Waals surface area contributed by atoms with Crippen LogP contribution in [0.4, 0.5) is 0 Å². The van der Waals surface area contributed by atoms with Gasteiger partial charge in [0.15, 0.2) is 0 Å². The van der Waals surface area contributed by atoms with Crippen LogP contribution in [0.15, 0.2) is 22.8 Å². The summed E-state index contributed by atoms with van der Waals surface area (Å²) >= 11 is 0. The van der Waals surface area contributed by atoms with Gasteiger partial charge in [-0.3, -0.25) is 9.59 Å². The van der Waals surface area contributed by atoms with E-state index in [0.29, 0.717) is 36.5 Å². The number of carboxylic acids is 1. The molecular weight excluding hydrogens is 480 g/mol. The molecule has 0 spiro atoms. The van der Waals surface area contributed by atoms with Gasteiger partial charge in [0.1, 0.15) is 11.9 Å². The van der Waals surface area contributed by atoms with Gasteiger partial charge < -0.3 is 14.9 Å². The Kier molecular flexibility index (Phi) is 7.34. The van der Waals surface area contributed by atoms with Gasteiger partial charge in [0.05, 0.1) is 6.10 Å². The smallest absolute Gasteiger partial charge is 0.330 e. The van der Waals surface area contributed by atoms with Crippen molar-refractivity contribution in [2.75, 3.05) is 0 Å². The first kappa shape index (κ1) is 29.0. The van der Waals surface area contributed by atoms with Crippen molar-refractivity contribution in [3.8, 4) is 0 Å². The van der Waals surface area contributed by atoms with Crippen LogP contribution in [-0.2, 0) is 19.1 Å². The molecule has 4 aliphatic carbocycles. The number of aliphatic hydroxyl groups is 1. The number of ketones is 1. The molecule has 0 unspecified atom stereocenters. The zero-order valence-corrected chi connectivity index (χ0v) is 24.6. The maximum absolute atomic E-state index is 12.9. The first-order valence-corrected chi connectivity index (χ1v) is 14.5. The Bertz CT molecular complexity index is 1080. The van der Waals surface area contributed by atoms with Crippen LogP contribution in [0.2, 0.25) is 0 Å². The number of rotatable bonds is 6. The SMILES string of the molecule is CC(=O)O[C@H]1C[C@H]([C@H](C)CC/C=C(\C)C(=O)O)[C@@]2(C)CCC3=C([C@H](O)C[C@@H]4C(C)(C)C(=O)CC[C@]34C)[C@]12C. The number of hydrogen-bond acceptors (Lipinski definition) is 5. The average molecular weight is 529 g/mol. The summed E-state index contributed by atoms with van der Waals surface area (Å²) in [6.07, 6.45) is 6.89. The lowest BCUT2D eigenvalue weighted by Crippen LogP contribution is -2.58. The normalized spacial score (nSPS) is 41.2. The summed E-state index contributed by atoms with van der Waals surface area (Å²) in [5.74, 6) is -0.223. The maximum Gasteiger partial charge on any atom is 0.330 e. The summed E-state index contributed by atoms with van der Waals surface area (Å²) in [6, 6.07) is 0. The molecule has 0 aromatic heterocycles. The summed E-state index contributed by atoms with van der Waals surface area (Å²) in [6.45, 7) is 16.3. The van der Waals surface area contributed by atoms with Crippen LogP contribution in [-0.4, -0.2) is 40.1 Å². The summed E-state index contributed by atoms with van der Waals surface area (Å²) in [4.78, 5) is 36.5. The highest BCUT2D eigenvalue weighted by atomic mass is 16.5. The lowest BCUT2D eigenvalue weighted by atomic mass is 9.42. The number of fused-ring (bicyclic) bond motifs is 4. The Morgan fingerprint density at radius 2 is 1.74 bits per heavy atom. The number of Topliss-reactive ketones (excluding diaryl/α,β-unsaturated/α-hetero) is 1. The number of hydrogen-bond donors (Lipinski definition) is 2. The minimum absolute atomic E-state index is 0.0884. The third-order valence-corrected chi connectivity index (χ3v) is 12.0. The molecule has 0 aliphatic heterocycles. The van der Waals surface area contributed by atoms with Crippen LogP contribution < -0.4 is 0 Å². The third kappa shape index (κ3) is 4.12. The predicted molar refractivity (Wildman–Crippen MR) is 146 cm³/mol. The minimum atomic E-state index is -0.884. The van der Waals surface area contributed by atoms with E-state index in [9.17, 15) is 24.6 Å². The molecule has 2 fully saturated rings. The molecule has 0 aromatic carbocycles. The lowest BCUT2D eigenvalue weighted by molar-refractivity contribution is -0.155. The fourth-order valence-corrected chi connectivity index (χ4v) is 9.57. The van der Waals surface area contributed by atoms with Crippen molar-refractivity contribution in [2.45, 2.75) is 119 Å². The summed E-state index contributed by atoms with van der Waals surface area (Å²) in [5, 5.41) is 21.1. The number of aliphatic hydroxyl groups excluding tert-OH is 1. The van der Waals surface area contributed by atoms with E-state index in [-0.39, 0.29) is 34.7 Å². The first-order chi connectivity index (χ1) is 17.5. The molecule has 4 rings (SSSR count). The van der Waals surface area contributed by atoms with Gasteiger partial charge in [0, 0.05) is 29.7 Å². The molecule has 4 aliphatic rings. The molecule has 0 aromatic rings. The van der Waals surface area contributed by atoms with Crippen molar-refractivity contribution >= 4 is 17.7 Å². The highest BCUT2D eigenvalue weighted by Crippen LogP contribution is 2.72. The van der Waals surface area contributed by atoms with Crippen LogP contribution in [0.3, 0.4) is 0 Å². The second-order valence-corrected chi connectivity index (χ2v) is 14.1. The van der Waals surface area contributed by atoms with E-state index < -0.39 is 22.9 Å². The Morgan fingerprint density at radius 3 is 2.34 bits per heavy atom. The number of esters is 1. The molecule has 38 heavy (non-hydrogen) atoms. The fraction of sp³-hybridized carbons (Fsp3) is 0.781. The van der Waals surface area contributed by atoms with E-state index in [2.05, 4.69) is 41.5 Å². The van der Waals surface area contributed by atoms with Gasteiger partial charge in [0.25, 0.3) is 0 Å². The molecule has 0 bridgehead atoms. The van der Waals surface area contributed by atoms with Gasteiger partial charge in [0.2, 0.25) is 0 Å². The minimum Gasteiger partial charge on any atom is -0.478 e. The molecule has 0 amide bonds. The predicted octanol–water partition coefficient (Wildman–Crippen LogP) is 6.26. The van der Waals surface area contributed by atoms with E-state index in [4.69, 9.17) is 4.74 Å². The first-order valence-electron chi connectivity index (χ1n) is 14.5. The standard InChI is InChI=1S/C32H48O6/c1-18(10-9-11-19(2)28(36)37)22-16-26(38-20(3)33)32(8)27-21(12-15-31(22,32)7)30(6)14-13-25(35)29(4,5)24(30)17-23(27)34/h11,18,22-24,26,34H,9-10,12-17H2,1-8H3,(H,36,37)/b19-11+/t18-,22-,23-,24-,26+,30-,31-,32+/m1/s1. The molecule has 8 atom stereocenters. The molecule has 6 nitrogen and oxygen atoms in total. The number of carbonyl (C=O) groups is 3. The van der Waals surface area contributed by atoms with Crippen molar-refractivity contribution in [1.82, 2.24) is 0 Å². The quantitative estimate of drug-likeness (QED) is 0.240. The van der Waals surface area contributed by atoms with Crippen LogP contribution in [0.5, 0.6) is 0 Å². The number of aliphatic carboxylic acids is 1. The van der Waals surface area contributed by atoms with Crippen molar-refractivity contribution in [2.24, 2.45) is 39.4 Å². The molecule has 212 valence electrons. The van der Waals surface area contributed by atoms with Crippen molar-refractivity contribution in [3.05, 3.63) is 22.8 Å². The van der Waals surface area contributed by atoms with Crippen molar-refractivity contribution in [3.63, 3.8) is 0 Å². The van der Waals surface area contributed by atoms with E-state index in [1.807, 2.05) is 0 Å². The third-order valence-electron chi connectivity index (χ3n) is 12.0. The zero-order valence-electron chi connectivity index (χ0n) is 24.6. The lowest BCUT2D eigenvalue weighted by Gasteiger charge is -2.62. The molecule has 0 radical (unpaired) electrons. The van der Waals surface area contributed by atoms with Gasteiger partial charge in [-0.25, -0.2) is 4.79 Å². The van der Waals surface area contributed by atoms with E-state index in [1.165, 1.54) is 12.5 Å². The van der Waals surface area contributed by atoms with Crippen molar-refractivity contribution < 1.29 is 29.3 Å². The number of ether oxygens (including phenoxy) is 1. The van der Waals surface area contributed by atoms with E-state index >= 15 is 0 Å². The Labute approximate surface area is 228 Å². The molecule has 2 N–H and O–H groups in total. The number of carbonyl (C=O) groups excluding carboxylic acids is 2. The monoisotopic (exact) mass is 528 g/mol. The summed E-state index contributed by atoms with van der Waals surface area (Å²) in [7, 11) is 0.